The quantitative estimate of drug-likeness (QED) is 0.255. The van der Waals surface area contributed by atoms with Crippen molar-refractivity contribution < 1.29 is 13.2 Å². The molecule has 0 aliphatic carbocycles. The lowest BCUT2D eigenvalue weighted by atomic mass is 10.0. The SMILES string of the molecule is NC(=O)c1cccc2c1c1[c]cc(-c3cccs3)cc1n2Cc1ccccc1CS(=O)(=O)c1ccccc1. The second kappa shape index (κ2) is 9.59. The third-order valence-corrected chi connectivity index (χ3v) is 9.36. The molecule has 0 spiro atoms. The van der Waals surface area contributed by atoms with Crippen molar-refractivity contribution >= 4 is 48.9 Å². The smallest absolute Gasteiger partial charge is 0.249 e. The number of hydrogen-bond acceptors (Lipinski definition) is 4. The second-order valence-corrected chi connectivity index (χ2v) is 12.1. The third-order valence-electron chi connectivity index (χ3n) is 6.76. The zero-order valence-electron chi connectivity index (χ0n) is 20.3. The van der Waals surface area contributed by atoms with E-state index in [9.17, 15) is 13.2 Å². The molecule has 1 amide bonds. The van der Waals surface area contributed by atoms with Crippen molar-refractivity contribution in [1.29, 1.82) is 0 Å². The van der Waals surface area contributed by atoms with Crippen molar-refractivity contribution in [3.05, 3.63) is 125 Å². The first-order chi connectivity index (χ1) is 18.4. The highest BCUT2D eigenvalue weighted by Crippen LogP contribution is 2.36. The van der Waals surface area contributed by atoms with Crippen LogP contribution in [0.25, 0.3) is 32.2 Å². The summed E-state index contributed by atoms with van der Waals surface area (Å²) in [6, 6.07) is 33.1. The van der Waals surface area contributed by atoms with Gasteiger partial charge in [0.2, 0.25) is 5.91 Å². The number of rotatable bonds is 7. The molecule has 0 bridgehead atoms. The predicted molar refractivity (Wildman–Crippen MR) is 153 cm³/mol. The molecule has 0 saturated heterocycles. The molecule has 7 heteroatoms. The molecule has 38 heavy (non-hydrogen) atoms. The Bertz CT molecular complexity index is 1910. The van der Waals surface area contributed by atoms with E-state index in [0.29, 0.717) is 17.0 Å². The van der Waals surface area contributed by atoms with Crippen LogP contribution in [0, 0.1) is 6.07 Å². The monoisotopic (exact) mass is 535 g/mol. The molecule has 2 aromatic heterocycles. The number of fused-ring (bicyclic) bond motifs is 3. The summed E-state index contributed by atoms with van der Waals surface area (Å²) in [6.45, 7) is 0.421. The van der Waals surface area contributed by atoms with E-state index in [2.05, 4.69) is 22.8 Å². The maximum Gasteiger partial charge on any atom is 0.249 e. The summed E-state index contributed by atoms with van der Waals surface area (Å²) in [7, 11) is -3.53. The standard InChI is InChI=1S/C31H23N2O3S2/c32-31(34)26-12-6-13-27-30(26)25-16-15-21(29-14-7-17-37-29)18-28(25)33(27)19-22-8-4-5-9-23(22)20-38(35,36)24-10-2-1-3-11-24/h1-15,17-18H,19-20H2,(H2,32,34). The zero-order chi connectivity index (χ0) is 26.3. The normalized spacial score (nSPS) is 11.8. The van der Waals surface area contributed by atoms with Crippen LogP contribution in [-0.2, 0) is 22.1 Å². The van der Waals surface area contributed by atoms with Crippen LogP contribution in [0.3, 0.4) is 0 Å². The maximum atomic E-state index is 13.2. The fourth-order valence-electron chi connectivity index (χ4n) is 4.96. The van der Waals surface area contributed by atoms with Gasteiger partial charge < -0.3 is 10.3 Å². The van der Waals surface area contributed by atoms with Crippen LogP contribution in [0.2, 0.25) is 0 Å². The number of carbonyl (C=O) groups excluding carboxylic acids is 1. The number of amides is 1. The molecule has 6 aromatic rings. The molecule has 0 aliphatic rings. The van der Waals surface area contributed by atoms with Gasteiger partial charge in [0.15, 0.2) is 9.84 Å². The highest BCUT2D eigenvalue weighted by Gasteiger charge is 2.20. The summed E-state index contributed by atoms with van der Waals surface area (Å²) in [6.07, 6.45) is 0. The van der Waals surface area contributed by atoms with Crippen LogP contribution in [0.15, 0.2) is 107 Å². The van der Waals surface area contributed by atoms with Crippen molar-refractivity contribution in [1.82, 2.24) is 4.57 Å². The number of thiophene rings is 1. The molecule has 0 atom stereocenters. The number of sulfone groups is 1. The molecular formula is C31H23N2O3S2. The number of nitrogens with zero attached hydrogens (tertiary/aromatic N) is 1. The predicted octanol–water partition coefficient (Wildman–Crippen LogP) is 6.44. The molecule has 0 saturated carbocycles. The van der Waals surface area contributed by atoms with E-state index in [-0.39, 0.29) is 5.75 Å². The number of primary amides is 1. The second-order valence-electron chi connectivity index (χ2n) is 9.12. The highest BCUT2D eigenvalue weighted by atomic mass is 32.2. The lowest BCUT2D eigenvalue weighted by Crippen LogP contribution is -2.11. The lowest BCUT2D eigenvalue weighted by molar-refractivity contribution is 0.100. The summed E-state index contributed by atoms with van der Waals surface area (Å²) in [5, 5.41) is 3.59. The Kier molecular flexibility index (Phi) is 6.10. The summed E-state index contributed by atoms with van der Waals surface area (Å²) < 4.78 is 28.6. The molecule has 0 fully saturated rings. The number of nitrogens with two attached hydrogens (primary N) is 1. The molecule has 4 aromatic carbocycles. The Morgan fingerprint density at radius 3 is 2.37 bits per heavy atom. The molecule has 5 nitrogen and oxygen atoms in total. The number of aromatic nitrogens is 1. The molecule has 187 valence electrons. The van der Waals surface area contributed by atoms with Gasteiger partial charge in [0.1, 0.15) is 0 Å². The van der Waals surface area contributed by atoms with Gasteiger partial charge in [-0.25, -0.2) is 8.42 Å². The highest BCUT2D eigenvalue weighted by molar-refractivity contribution is 7.90. The molecule has 2 N–H and O–H groups in total. The lowest BCUT2D eigenvalue weighted by Gasteiger charge is -2.14. The Hall–Kier alpha value is -4.20. The van der Waals surface area contributed by atoms with Crippen molar-refractivity contribution in [3.63, 3.8) is 0 Å². The Balaban J connectivity index is 1.52. The van der Waals surface area contributed by atoms with Crippen molar-refractivity contribution in [2.45, 2.75) is 17.2 Å². The molecule has 1 radical (unpaired) electrons. The molecule has 0 unspecified atom stereocenters. The number of benzene rings is 4. The van der Waals surface area contributed by atoms with Crippen LogP contribution >= 0.6 is 11.3 Å². The minimum Gasteiger partial charge on any atom is -0.366 e. The van der Waals surface area contributed by atoms with E-state index >= 15 is 0 Å². The van der Waals surface area contributed by atoms with Crippen LogP contribution in [0.4, 0.5) is 0 Å². The van der Waals surface area contributed by atoms with Crippen LogP contribution < -0.4 is 5.73 Å². The molecular weight excluding hydrogens is 512 g/mol. The van der Waals surface area contributed by atoms with Crippen LogP contribution in [0.1, 0.15) is 21.5 Å². The first kappa shape index (κ1) is 24.2. The van der Waals surface area contributed by atoms with E-state index < -0.39 is 15.7 Å². The first-order valence-electron chi connectivity index (χ1n) is 12.1. The summed E-state index contributed by atoms with van der Waals surface area (Å²) in [5.74, 6) is -0.608. The Labute approximate surface area is 224 Å². The minimum atomic E-state index is -3.53. The summed E-state index contributed by atoms with van der Waals surface area (Å²) in [4.78, 5) is 13.8. The molecule has 0 aliphatic heterocycles. The van der Waals surface area contributed by atoms with Gasteiger partial charge in [0.05, 0.1) is 21.7 Å². The Morgan fingerprint density at radius 1 is 0.868 bits per heavy atom. The van der Waals surface area contributed by atoms with E-state index in [1.807, 2.05) is 53.9 Å². The topological polar surface area (TPSA) is 82.2 Å². The van der Waals surface area contributed by atoms with Crippen molar-refractivity contribution in [3.8, 4) is 10.4 Å². The Morgan fingerprint density at radius 2 is 1.63 bits per heavy atom. The van der Waals surface area contributed by atoms with Crippen molar-refractivity contribution in [2.24, 2.45) is 5.73 Å². The summed E-state index contributed by atoms with van der Waals surface area (Å²) >= 11 is 1.65. The number of carbonyl (C=O) groups is 1. The van der Waals surface area contributed by atoms with Gasteiger partial charge >= 0.3 is 0 Å². The van der Waals surface area contributed by atoms with Crippen LogP contribution in [0.5, 0.6) is 0 Å². The van der Waals surface area contributed by atoms with Gasteiger partial charge in [-0.3, -0.25) is 4.79 Å². The minimum absolute atomic E-state index is 0.108. The van der Waals surface area contributed by atoms with E-state index in [1.54, 1.807) is 47.7 Å². The number of hydrogen-bond donors (Lipinski definition) is 1. The molecule has 2 heterocycles. The third kappa shape index (κ3) is 4.30. The van der Waals surface area contributed by atoms with E-state index in [0.717, 1.165) is 43.4 Å². The maximum absolute atomic E-state index is 13.2. The van der Waals surface area contributed by atoms with Gasteiger partial charge in [-0.2, -0.15) is 0 Å². The van der Waals surface area contributed by atoms with E-state index in [1.165, 1.54) is 0 Å². The van der Waals surface area contributed by atoms with Crippen LogP contribution in [-0.4, -0.2) is 18.9 Å². The summed E-state index contributed by atoms with van der Waals surface area (Å²) in [5.41, 5.74) is 10.6. The fourth-order valence-corrected chi connectivity index (χ4v) is 7.10. The van der Waals surface area contributed by atoms with Gasteiger partial charge in [0, 0.05) is 27.8 Å². The zero-order valence-corrected chi connectivity index (χ0v) is 21.9. The largest absolute Gasteiger partial charge is 0.366 e. The molecule has 6 rings (SSSR count). The van der Waals surface area contributed by atoms with Gasteiger partial charge in [0.25, 0.3) is 0 Å². The van der Waals surface area contributed by atoms with Crippen molar-refractivity contribution in [2.75, 3.05) is 0 Å². The average molecular weight is 536 g/mol. The van der Waals surface area contributed by atoms with Gasteiger partial charge in [-0.05, 0) is 70.6 Å². The van der Waals surface area contributed by atoms with Gasteiger partial charge in [-0.15, -0.1) is 11.3 Å². The van der Waals surface area contributed by atoms with Gasteiger partial charge in [-0.1, -0.05) is 54.6 Å². The fraction of sp³-hybridized carbons (Fsp3) is 0.0645. The first-order valence-corrected chi connectivity index (χ1v) is 14.6. The average Bonchev–Trinajstić information content (AvgIpc) is 3.57. The van der Waals surface area contributed by atoms with E-state index in [4.69, 9.17) is 5.73 Å².